The number of halogens is 1. The fraction of sp³-hybridized carbons (Fsp3) is 0.524. The molecule has 0 aromatic heterocycles. The van der Waals surface area contributed by atoms with E-state index >= 15 is 0 Å². The average Bonchev–Trinajstić information content (AvgIpc) is 3.39. The quantitative estimate of drug-likeness (QED) is 0.696. The Morgan fingerprint density at radius 3 is 2.38 bits per heavy atom. The summed E-state index contributed by atoms with van der Waals surface area (Å²) < 4.78 is 10.7. The van der Waals surface area contributed by atoms with Crippen molar-refractivity contribution in [1.82, 2.24) is 14.7 Å². The van der Waals surface area contributed by atoms with Gasteiger partial charge in [-0.1, -0.05) is 6.07 Å². The van der Waals surface area contributed by atoms with Crippen molar-refractivity contribution in [2.45, 2.75) is 19.8 Å². The standard InChI is InChI=1S/C21H27N3O4.ClH/c1-16(17-4-5-18-19(13-17)28-15-27-18)12-20(25)24-10-8-22(9-11-24)14-21(26)23-6-2-3-7-23;/h4-5,12-13H,2-3,6-11,14-15H2,1H3;1H. The van der Waals surface area contributed by atoms with Crippen LogP contribution in [0.5, 0.6) is 11.5 Å². The van der Waals surface area contributed by atoms with Gasteiger partial charge in [0.15, 0.2) is 11.5 Å². The molecule has 0 saturated carbocycles. The van der Waals surface area contributed by atoms with Gasteiger partial charge in [0.1, 0.15) is 0 Å². The Labute approximate surface area is 177 Å². The summed E-state index contributed by atoms with van der Waals surface area (Å²) in [6, 6.07) is 5.72. The summed E-state index contributed by atoms with van der Waals surface area (Å²) in [4.78, 5) is 30.9. The van der Waals surface area contributed by atoms with Gasteiger partial charge < -0.3 is 19.3 Å². The second-order valence-electron chi connectivity index (χ2n) is 7.58. The average molecular weight is 422 g/mol. The number of allylic oxidation sites excluding steroid dienone is 1. The summed E-state index contributed by atoms with van der Waals surface area (Å²) in [5.41, 5.74) is 1.85. The summed E-state index contributed by atoms with van der Waals surface area (Å²) in [5.74, 6) is 1.69. The number of hydrogen-bond donors (Lipinski definition) is 0. The van der Waals surface area contributed by atoms with Gasteiger partial charge in [0.2, 0.25) is 18.6 Å². The molecule has 3 aliphatic rings. The molecule has 1 aromatic carbocycles. The number of piperazine rings is 1. The van der Waals surface area contributed by atoms with Gasteiger partial charge in [0.05, 0.1) is 6.54 Å². The number of hydrogen-bond acceptors (Lipinski definition) is 5. The Morgan fingerprint density at radius 2 is 1.66 bits per heavy atom. The van der Waals surface area contributed by atoms with Crippen molar-refractivity contribution in [3.05, 3.63) is 29.8 Å². The normalized spacial score (nSPS) is 19.3. The SMILES string of the molecule is CC(=CC(=O)N1CCN(CC(=O)N2CCCC2)CC1)c1ccc2c(c1)OCO2.Cl. The molecule has 7 nitrogen and oxygen atoms in total. The lowest BCUT2D eigenvalue weighted by atomic mass is 10.1. The van der Waals surface area contributed by atoms with E-state index in [-0.39, 0.29) is 31.0 Å². The lowest BCUT2D eigenvalue weighted by Crippen LogP contribution is -2.51. The molecule has 2 amide bonds. The first kappa shape index (κ1) is 21.5. The first-order valence-corrected chi connectivity index (χ1v) is 9.97. The molecule has 3 heterocycles. The highest BCUT2D eigenvalue weighted by Gasteiger charge is 2.25. The third-order valence-electron chi connectivity index (χ3n) is 5.67. The molecule has 0 radical (unpaired) electrons. The Hall–Kier alpha value is -2.25. The maximum atomic E-state index is 12.7. The molecule has 29 heavy (non-hydrogen) atoms. The van der Waals surface area contributed by atoms with Crippen molar-refractivity contribution >= 4 is 29.8 Å². The van der Waals surface area contributed by atoms with Crippen LogP contribution in [0.25, 0.3) is 5.57 Å². The van der Waals surface area contributed by atoms with Gasteiger partial charge >= 0.3 is 0 Å². The molecule has 2 fully saturated rings. The summed E-state index contributed by atoms with van der Waals surface area (Å²) in [6.45, 7) is 7.19. The molecule has 8 heteroatoms. The van der Waals surface area contributed by atoms with E-state index in [1.54, 1.807) is 6.08 Å². The summed E-state index contributed by atoms with van der Waals surface area (Å²) in [5, 5.41) is 0. The first-order valence-electron chi connectivity index (χ1n) is 9.97. The molecule has 0 N–H and O–H groups in total. The van der Waals surface area contributed by atoms with Crippen LogP contribution in [0, 0.1) is 0 Å². The third kappa shape index (κ3) is 5.03. The summed E-state index contributed by atoms with van der Waals surface area (Å²) >= 11 is 0. The largest absolute Gasteiger partial charge is 0.454 e. The molecule has 3 aliphatic heterocycles. The van der Waals surface area contributed by atoms with Gasteiger partial charge in [-0.3, -0.25) is 14.5 Å². The molecule has 1 aromatic rings. The number of carbonyl (C=O) groups is 2. The Balaban J connectivity index is 0.00000240. The smallest absolute Gasteiger partial charge is 0.246 e. The maximum Gasteiger partial charge on any atom is 0.246 e. The predicted molar refractivity (Wildman–Crippen MR) is 112 cm³/mol. The van der Waals surface area contributed by atoms with Crippen LogP contribution in [-0.4, -0.2) is 79.1 Å². The van der Waals surface area contributed by atoms with Gasteiger partial charge in [-0.05, 0) is 43.0 Å². The van der Waals surface area contributed by atoms with Gasteiger partial charge in [-0.2, -0.15) is 0 Å². The minimum Gasteiger partial charge on any atom is -0.454 e. The molecule has 0 unspecified atom stereocenters. The lowest BCUT2D eigenvalue weighted by molar-refractivity contribution is -0.132. The monoisotopic (exact) mass is 421 g/mol. The number of benzene rings is 1. The van der Waals surface area contributed by atoms with Crippen molar-refractivity contribution in [1.29, 1.82) is 0 Å². The molecular weight excluding hydrogens is 394 g/mol. The van der Waals surface area contributed by atoms with Gasteiger partial charge in [0.25, 0.3) is 0 Å². The number of carbonyl (C=O) groups excluding carboxylic acids is 2. The van der Waals surface area contributed by atoms with E-state index in [2.05, 4.69) is 4.90 Å². The Morgan fingerprint density at radius 1 is 0.966 bits per heavy atom. The fourth-order valence-electron chi connectivity index (χ4n) is 3.89. The highest BCUT2D eigenvalue weighted by Crippen LogP contribution is 2.34. The zero-order chi connectivity index (χ0) is 19.5. The summed E-state index contributed by atoms with van der Waals surface area (Å²) in [6.07, 6.45) is 3.91. The second kappa shape index (κ2) is 9.50. The number of fused-ring (bicyclic) bond motifs is 1. The van der Waals surface area contributed by atoms with Gasteiger partial charge in [0, 0.05) is 45.3 Å². The zero-order valence-corrected chi connectivity index (χ0v) is 17.6. The fourth-order valence-corrected chi connectivity index (χ4v) is 3.89. The van der Waals surface area contributed by atoms with E-state index in [0.29, 0.717) is 25.4 Å². The van der Waals surface area contributed by atoms with E-state index in [1.165, 1.54) is 0 Å². The van der Waals surface area contributed by atoms with Crippen LogP contribution < -0.4 is 9.47 Å². The van der Waals surface area contributed by atoms with Gasteiger partial charge in [-0.15, -0.1) is 12.4 Å². The highest BCUT2D eigenvalue weighted by atomic mass is 35.5. The van der Waals surface area contributed by atoms with Crippen LogP contribution in [0.3, 0.4) is 0 Å². The van der Waals surface area contributed by atoms with E-state index in [1.807, 2.05) is 34.9 Å². The topological polar surface area (TPSA) is 62.3 Å². The molecule has 0 bridgehead atoms. The predicted octanol–water partition coefficient (Wildman–Crippen LogP) is 2.01. The molecule has 2 saturated heterocycles. The van der Waals surface area contributed by atoms with Crippen LogP contribution in [0.1, 0.15) is 25.3 Å². The number of nitrogens with zero attached hydrogens (tertiary/aromatic N) is 3. The maximum absolute atomic E-state index is 12.7. The zero-order valence-electron chi connectivity index (χ0n) is 16.8. The third-order valence-corrected chi connectivity index (χ3v) is 5.67. The number of rotatable bonds is 4. The van der Waals surface area contributed by atoms with Crippen molar-refractivity contribution in [2.75, 3.05) is 52.6 Å². The minimum absolute atomic E-state index is 0. The van der Waals surface area contributed by atoms with E-state index in [4.69, 9.17) is 9.47 Å². The Bertz CT molecular complexity index is 784. The number of likely N-dealkylation sites (tertiary alicyclic amines) is 1. The molecule has 4 rings (SSSR count). The van der Waals surface area contributed by atoms with Gasteiger partial charge in [-0.25, -0.2) is 0 Å². The van der Waals surface area contributed by atoms with Crippen molar-refractivity contribution < 1.29 is 19.1 Å². The minimum atomic E-state index is 0. The second-order valence-corrected chi connectivity index (χ2v) is 7.58. The van der Waals surface area contributed by atoms with Crippen molar-refractivity contribution in [2.24, 2.45) is 0 Å². The van der Waals surface area contributed by atoms with Crippen molar-refractivity contribution in [3.63, 3.8) is 0 Å². The lowest BCUT2D eigenvalue weighted by Gasteiger charge is -2.34. The molecular formula is C21H28ClN3O4. The van der Waals surface area contributed by atoms with Crippen LogP contribution in [0.15, 0.2) is 24.3 Å². The van der Waals surface area contributed by atoms with E-state index < -0.39 is 0 Å². The Kier molecular flexibility index (Phi) is 7.03. The molecule has 158 valence electrons. The highest BCUT2D eigenvalue weighted by molar-refractivity contribution is 5.95. The number of amides is 2. The first-order chi connectivity index (χ1) is 13.6. The molecule has 0 atom stereocenters. The van der Waals surface area contributed by atoms with Crippen LogP contribution >= 0.6 is 12.4 Å². The molecule has 0 spiro atoms. The van der Waals surface area contributed by atoms with E-state index in [9.17, 15) is 9.59 Å². The van der Waals surface area contributed by atoms with Crippen molar-refractivity contribution in [3.8, 4) is 11.5 Å². The summed E-state index contributed by atoms with van der Waals surface area (Å²) in [7, 11) is 0. The number of ether oxygens (including phenoxy) is 2. The van der Waals surface area contributed by atoms with Crippen LogP contribution in [0.2, 0.25) is 0 Å². The van der Waals surface area contributed by atoms with Crippen LogP contribution in [0.4, 0.5) is 0 Å². The molecule has 0 aliphatic carbocycles. The van der Waals surface area contributed by atoms with E-state index in [0.717, 1.165) is 55.9 Å². The van der Waals surface area contributed by atoms with Crippen LogP contribution in [-0.2, 0) is 9.59 Å².